The molecule has 1 N–H and O–H groups in total. The van der Waals surface area contributed by atoms with Gasteiger partial charge in [-0.1, -0.05) is 0 Å². The minimum absolute atomic E-state index is 0.0118. The molecule has 0 aliphatic carbocycles. The second-order valence-corrected chi connectivity index (χ2v) is 6.45. The molecule has 0 spiro atoms. The number of nitrogens with one attached hydrogen (secondary N) is 1. The summed E-state index contributed by atoms with van der Waals surface area (Å²) >= 11 is 0. The van der Waals surface area contributed by atoms with Crippen LogP contribution >= 0.6 is 0 Å². The third kappa shape index (κ3) is 4.50. The van der Waals surface area contributed by atoms with Gasteiger partial charge in [-0.2, -0.15) is 0 Å². The number of piperidine rings is 1. The topological polar surface area (TPSA) is 69.0 Å². The molecule has 24 heavy (non-hydrogen) atoms. The molecule has 7 nitrogen and oxygen atoms in total. The van der Waals surface area contributed by atoms with Gasteiger partial charge in [-0.3, -0.25) is 9.69 Å². The Labute approximate surface area is 142 Å². The second kappa shape index (κ2) is 8.19. The number of carbonyl (C=O) groups is 2. The summed E-state index contributed by atoms with van der Waals surface area (Å²) in [6.07, 6.45) is 5.05. The van der Waals surface area contributed by atoms with Crippen molar-refractivity contribution in [1.82, 2.24) is 20.0 Å². The molecule has 1 aromatic heterocycles. The van der Waals surface area contributed by atoms with Crippen molar-refractivity contribution in [3.05, 3.63) is 24.2 Å². The Hall–Kier alpha value is -2.02. The second-order valence-electron chi connectivity index (χ2n) is 6.45. The molecule has 0 saturated carbocycles. The SMILES string of the molecule is O=C(CN1CCN(C(=O)N2CCCCC2)CC1)NCc1ccco1. The Bertz CT molecular complexity index is 532. The number of furan rings is 1. The van der Waals surface area contributed by atoms with E-state index in [1.54, 1.807) is 12.3 Å². The van der Waals surface area contributed by atoms with Gasteiger partial charge in [0.15, 0.2) is 0 Å². The molecule has 0 bridgehead atoms. The maximum absolute atomic E-state index is 12.5. The minimum Gasteiger partial charge on any atom is -0.467 e. The van der Waals surface area contributed by atoms with E-state index in [2.05, 4.69) is 10.2 Å². The molecule has 2 fully saturated rings. The Kier molecular flexibility index (Phi) is 5.74. The molecular weight excluding hydrogens is 308 g/mol. The number of hydrogen-bond donors (Lipinski definition) is 1. The van der Waals surface area contributed by atoms with E-state index in [9.17, 15) is 9.59 Å². The number of amides is 3. The molecular formula is C17H26N4O3. The molecule has 2 saturated heterocycles. The fraction of sp³-hybridized carbons (Fsp3) is 0.647. The number of carbonyl (C=O) groups excluding carboxylic acids is 2. The van der Waals surface area contributed by atoms with E-state index in [0.29, 0.717) is 26.2 Å². The Morgan fingerprint density at radius 1 is 1.00 bits per heavy atom. The van der Waals surface area contributed by atoms with Crippen molar-refractivity contribution in [2.75, 3.05) is 45.8 Å². The Balaban J connectivity index is 1.36. The zero-order valence-corrected chi connectivity index (χ0v) is 14.1. The third-order valence-electron chi connectivity index (χ3n) is 4.68. The average Bonchev–Trinajstić information content (AvgIpc) is 3.14. The maximum atomic E-state index is 12.5. The lowest BCUT2D eigenvalue weighted by Gasteiger charge is -2.38. The molecule has 0 atom stereocenters. The number of likely N-dealkylation sites (tertiary alicyclic amines) is 1. The normalized spacial score (nSPS) is 19.3. The lowest BCUT2D eigenvalue weighted by molar-refractivity contribution is -0.122. The van der Waals surface area contributed by atoms with Gasteiger partial charge in [-0.05, 0) is 31.4 Å². The molecule has 3 heterocycles. The molecule has 132 valence electrons. The van der Waals surface area contributed by atoms with Crippen molar-refractivity contribution in [3.63, 3.8) is 0 Å². The van der Waals surface area contributed by atoms with Crippen LogP contribution in [-0.2, 0) is 11.3 Å². The van der Waals surface area contributed by atoms with E-state index in [1.165, 1.54) is 6.42 Å². The number of piperazine rings is 1. The average molecular weight is 334 g/mol. The largest absolute Gasteiger partial charge is 0.467 e. The minimum atomic E-state index is -0.0118. The van der Waals surface area contributed by atoms with E-state index in [-0.39, 0.29) is 11.9 Å². The first-order chi connectivity index (χ1) is 11.7. The van der Waals surface area contributed by atoms with Gasteiger partial charge in [-0.15, -0.1) is 0 Å². The van der Waals surface area contributed by atoms with Gasteiger partial charge in [-0.25, -0.2) is 4.79 Å². The molecule has 0 aromatic carbocycles. The summed E-state index contributed by atoms with van der Waals surface area (Å²) in [4.78, 5) is 30.4. The van der Waals surface area contributed by atoms with Gasteiger partial charge < -0.3 is 19.5 Å². The first-order valence-corrected chi connectivity index (χ1v) is 8.77. The van der Waals surface area contributed by atoms with Crippen LogP contribution in [0.15, 0.2) is 22.8 Å². The highest BCUT2D eigenvalue weighted by Gasteiger charge is 2.26. The first kappa shape index (κ1) is 16.8. The van der Waals surface area contributed by atoms with Crippen LogP contribution in [0.1, 0.15) is 25.0 Å². The summed E-state index contributed by atoms with van der Waals surface area (Å²) in [6, 6.07) is 3.81. The highest BCUT2D eigenvalue weighted by Crippen LogP contribution is 2.12. The van der Waals surface area contributed by atoms with Crippen LogP contribution in [0.25, 0.3) is 0 Å². The zero-order chi connectivity index (χ0) is 16.8. The van der Waals surface area contributed by atoms with Crippen LogP contribution in [0.2, 0.25) is 0 Å². The van der Waals surface area contributed by atoms with E-state index >= 15 is 0 Å². The summed E-state index contributed by atoms with van der Waals surface area (Å²) in [5.41, 5.74) is 0. The molecule has 0 radical (unpaired) electrons. The first-order valence-electron chi connectivity index (χ1n) is 8.77. The standard InChI is InChI=1S/C17H26N4O3/c22-16(18-13-15-5-4-12-24-15)14-19-8-10-21(11-9-19)17(23)20-6-2-1-3-7-20/h4-5,12H,1-3,6-11,13-14H2,(H,18,22). The third-order valence-corrected chi connectivity index (χ3v) is 4.68. The van der Waals surface area contributed by atoms with Crippen LogP contribution < -0.4 is 5.32 Å². The summed E-state index contributed by atoms with van der Waals surface area (Å²) < 4.78 is 5.19. The van der Waals surface area contributed by atoms with Crippen molar-refractivity contribution in [2.45, 2.75) is 25.8 Å². The van der Waals surface area contributed by atoms with E-state index in [0.717, 1.165) is 44.8 Å². The van der Waals surface area contributed by atoms with Gasteiger partial charge in [0.2, 0.25) is 5.91 Å². The van der Waals surface area contributed by atoms with Crippen molar-refractivity contribution < 1.29 is 14.0 Å². The molecule has 2 aliphatic rings. The fourth-order valence-electron chi connectivity index (χ4n) is 3.24. The van der Waals surface area contributed by atoms with E-state index < -0.39 is 0 Å². The van der Waals surface area contributed by atoms with Crippen LogP contribution in [0, 0.1) is 0 Å². The molecule has 7 heteroatoms. The predicted molar refractivity (Wildman–Crippen MR) is 89.4 cm³/mol. The summed E-state index contributed by atoms with van der Waals surface area (Å²) in [5.74, 6) is 0.738. The smallest absolute Gasteiger partial charge is 0.320 e. The summed E-state index contributed by atoms with van der Waals surface area (Å²) in [6.45, 7) is 5.43. The van der Waals surface area contributed by atoms with Crippen molar-refractivity contribution in [1.29, 1.82) is 0 Å². The maximum Gasteiger partial charge on any atom is 0.320 e. The Morgan fingerprint density at radius 2 is 1.71 bits per heavy atom. The van der Waals surface area contributed by atoms with Crippen molar-refractivity contribution in [3.8, 4) is 0 Å². The molecule has 2 aliphatic heterocycles. The fourth-order valence-corrected chi connectivity index (χ4v) is 3.24. The van der Waals surface area contributed by atoms with Crippen LogP contribution in [-0.4, -0.2) is 72.5 Å². The lowest BCUT2D eigenvalue weighted by Crippen LogP contribution is -2.54. The Morgan fingerprint density at radius 3 is 2.38 bits per heavy atom. The van der Waals surface area contributed by atoms with Gasteiger partial charge in [0.25, 0.3) is 0 Å². The van der Waals surface area contributed by atoms with Crippen molar-refractivity contribution in [2.24, 2.45) is 0 Å². The van der Waals surface area contributed by atoms with E-state index in [4.69, 9.17) is 4.42 Å². The van der Waals surface area contributed by atoms with E-state index in [1.807, 2.05) is 15.9 Å². The monoisotopic (exact) mass is 334 g/mol. The predicted octanol–water partition coefficient (Wildman–Crippen LogP) is 1.12. The highest BCUT2D eigenvalue weighted by molar-refractivity contribution is 5.78. The number of nitrogens with zero attached hydrogens (tertiary/aromatic N) is 3. The lowest BCUT2D eigenvalue weighted by atomic mass is 10.1. The van der Waals surface area contributed by atoms with Gasteiger partial charge >= 0.3 is 6.03 Å². The number of hydrogen-bond acceptors (Lipinski definition) is 4. The van der Waals surface area contributed by atoms with Crippen molar-refractivity contribution >= 4 is 11.9 Å². The molecule has 3 amide bonds. The van der Waals surface area contributed by atoms with Crippen LogP contribution in [0.4, 0.5) is 4.79 Å². The summed E-state index contributed by atoms with van der Waals surface area (Å²) in [5, 5.41) is 2.85. The quantitative estimate of drug-likeness (QED) is 0.896. The van der Waals surface area contributed by atoms with Crippen LogP contribution in [0.3, 0.4) is 0 Å². The summed E-state index contributed by atoms with van der Waals surface area (Å²) in [7, 11) is 0. The number of urea groups is 1. The molecule has 1 aromatic rings. The van der Waals surface area contributed by atoms with Gasteiger partial charge in [0.05, 0.1) is 19.4 Å². The molecule has 3 rings (SSSR count). The number of rotatable bonds is 4. The zero-order valence-electron chi connectivity index (χ0n) is 14.1. The molecule has 0 unspecified atom stereocenters. The van der Waals surface area contributed by atoms with Crippen LogP contribution in [0.5, 0.6) is 0 Å². The van der Waals surface area contributed by atoms with Gasteiger partial charge in [0.1, 0.15) is 5.76 Å². The highest BCUT2D eigenvalue weighted by atomic mass is 16.3. The van der Waals surface area contributed by atoms with Gasteiger partial charge in [0, 0.05) is 39.3 Å².